The standard InChI is InChI=1S/C7H6BrClO4S.Na/c8-5-3-4(1-2-6(5)9)7(10)14(11,12)13;/h1-3,7,10H,(H,11,12,13);/q;+1/p-1. The van der Waals surface area contributed by atoms with Gasteiger partial charge in [0.25, 0.3) is 0 Å². The van der Waals surface area contributed by atoms with Crippen LogP contribution in [0.4, 0.5) is 0 Å². The Hall–Kier alpha value is 0.860. The molecule has 0 aliphatic rings. The number of rotatable bonds is 2. The van der Waals surface area contributed by atoms with Gasteiger partial charge in [0, 0.05) is 4.47 Å². The maximum Gasteiger partial charge on any atom is 1.00 e. The molecule has 0 amide bonds. The fourth-order valence-electron chi connectivity index (χ4n) is 0.833. The fraction of sp³-hybridized carbons (Fsp3) is 0.143. The van der Waals surface area contributed by atoms with Gasteiger partial charge in [-0.3, -0.25) is 0 Å². The minimum Gasteiger partial charge on any atom is -0.746 e. The van der Waals surface area contributed by atoms with E-state index in [-0.39, 0.29) is 35.1 Å². The summed E-state index contributed by atoms with van der Waals surface area (Å²) >= 11 is 8.68. The van der Waals surface area contributed by atoms with E-state index in [2.05, 4.69) is 15.9 Å². The molecule has 1 N–H and O–H groups in total. The molecule has 1 aromatic rings. The Bertz CT molecular complexity index is 450. The molecule has 0 radical (unpaired) electrons. The molecule has 0 saturated carbocycles. The maximum atomic E-state index is 10.5. The zero-order chi connectivity index (χ0) is 10.9. The predicted molar refractivity (Wildman–Crippen MR) is 53.8 cm³/mol. The van der Waals surface area contributed by atoms with Gasteiger partial charge < -0.3 is 9.66 Å². The van der Waals surface area contributed by atoms with Crippen molar-refractivity contribution in [2.45, 2.75) is 5.44 Å². The Morgan fingerprint density at radius 2 is 2.00 bits per heavy atom. The summed E-state index contributed by atoms with van der Waals surface area (Å²) in [5, 5.41) is 9.47. The average Bonchev–Trinajstić information content (AvgIpc) is 2.07. The summed E-state index contributed by atoms with van der Waals surface area (Å²) < 4.78 is 31.8. The van der Waals surface area contributed by atoms with Crippen molar-refractivity contribution in [2.24, 2.45) is 0 Å². The minimum atomic E-state index is -4.74. The molecule has 0 bridgehead atoms. The van der Waals surface area contributed by atoms with Gasteiger partial charge in [0.2, 0.25) is 0 Å². The molecule has 0 fully saturated rings. The van der Waals surface area contributed by atoms with Crippen molar-refractivity contribution in [3.8, 4) is 0 Å². The summed E-state index contributed by atoms with van der Waals surface area (Å²) in [5.74, 6) is 0. The molecular formula is C7H5BrClNaO4S. The molecule has 0 saturated heterocycles. The fourth-order valence-corrected chi connectivity index (χ4v) is 1.83. The van der Waals surface area contributed by atoms with E-state index in [1.807, 2.05) is 0 Å². The minimum absolute atomic E-state index is 0. The summed E-state index contributed by atoms with van der Waals surface area (Å²) in [5.41, 5.74) is -2.08. The Labute approximate surface area is 123 Å². The van der Waals surface area contributed by atoms with Crippen LogP contribution < -0.4 is 29.6 Å². The Balaban J connectivity index is 0.00000196. The molecule has 15 heavy (non-hydrogen) atoms. The van der Waals surface area contributed by atoms with Crippen molar-refractivity contribution in [1.82, 2.24) is 0 Å². The van der Waals surface area contributed by atoms with Crippen LogP contribution in [0.5, 0.6) is 0 Å². The number of hydrogen-bond acceptors (Lipinski definition) is 4. The first-order valence-corrected chi connectivity index (χ1v) is 6.04. The van der Waals surface area contributed by atoms with Gasteiger partial charge in [-0.15, -0.1) is 0 Å². The van der Waals surface area contributed by atoms with Crippen LogP contribution in [0.2, 0.25) is 5.02 Å². The summed E-state index contributed by atoms with van der Waals surface area (Å²) in [6, 6.07) is 3.94. The number of benzene rings is 1. The van der Waals surface area contributed by atoms with Crippen molar-refractivity contribution in [2.75, 3.05) is 0 Å². The van der Waals surface area contributed by atoms with Crippen LogP contribution in [0, 0.1) is 0 Å². The number of aliphatic hydroxyl groups is 1. The van der Waals surface area contributed by atoms with E-state index >= 15 is 0 Å². The van der Waals surface area contributed by atoms with Gasteiger partial charge in [-0.2, -0.15) is 0 Å². The smallest absolute Gasteiger partial charge is 0.746 e. The third-order valence-corrected chi connectivity index (χ3v) is 3.54. The first-order chi connectivity index (χ1) is 6.32. The van der Waals surface area contributed by atoms with Crippen molar-refractivity contribution >= 4 is 37.6 Å². The van der Waals surface area contributed by atoms with E-state index in [1.54, 1.807) is 0 Å². The van der Waals surface area contributed by atoms with Crippen molar-refractivity contribution in [3.05, 3.63) is 33.3 Å². The molecule has 1 aromatic carbocycles. The molecule has 0 aromatic heterocycles. The van der Waals surface area contributed by atoms with Crippen LogP contribution in [0.25, 0.3) is 0 Å². The van der Waals surface area contributed by atoms with Crippen molar-refractivity contribution in [3.63, 3.8) is 0 Å². The van der Waals surface area contributed by atoms with Gasteiger partial charge in [0.1, 0.15) is 10.1 Å². The van der Waals surface area contributed by atoms with E-state index in [0.29, 0.717) is 9.50 Å². The number of hydrogen-bond donors (Lipinski definition) is 1. The van der Waals surface area contributed by atoms with E-state index in [4.69, 9.17) is 16.7 Å². The summed E-state index contributed by atoms with van der Waals surface area (Å²) in [6.45, 7) is 0. The Kier molecular flexibility index (Phi) is 6.32. The van der Waals surface area contributed by atoms with Crippen LogP contribution >= 0.6 is 27.5 Å². The SMILES string of the molecule is O=S(=O)([O-])C(O)c1ccc(Cl)c(Br)c1.[Na+]. The average molecular weight is 324 g/mol. The van der Waals surface area contributed by atoms with Gasteiger partial charge in [-0.05, 0) is 33.6 Å². The van der Waals surface area contributed by atoms with Crippen LogP contribution in [-0.4, -0.2) is 18.1 Å². The van der Waals surface area contributed by atoms with Gasteiger partial charge in [-0.25, -0.2) is 8.42 Å². The van der Waals surface area contributed by atoms with Crippen molar-refractivity contribution < 1.29 is 47.6 Å². The molecule has 0 spiro atoms. The molecule has 0 aliphatic carbocycles. The Morgan fingerprint density at radius 3 is 2.40 bits per heavy atom. The van der Waals surface area contributed by atoms with Gasteiger partial charge in [-0.1, -0.05) is 17.7 Å². The number of aliphatic hydroxyl groups excluding tert-OH is 1. The second-order valence-electron chi connectivity index (χ2n) is 2.52. The first-order valence-electron chi connectivity index (χ1n) is 3.40. The van der Waals surface area contributed by atoms with Gasteiger partial charge in [0.15, 0.2) is 5.44 Å². The monoisotopic (exact) mass is 322 g/mol. The summed E-state index contributed by atoms with van der Waals surface area (Å²) in [6.07, 6.45) is 0. The summed E-state index contributed by atoms with van der Waals surface area (Å²) in [7, 11) is -4.74. The molecule has 0 heterocycles. The zero-order valence-corrected chi connectivity index (χ0v) is 12.8. The van der Waals surface area contributed by atoms with Crippen molar-refractivity contribution in [1.29, 1.82) is 0 Å². The third-order valence-electron chi connectivity index (χ3n) is 1.50. The summed E-state index contributed by atoms with van der Waals surface area (Å²) in [4.78, 5) is 0. The first kappa shape index (κ1) is 15.9. The second kappa shape index (κ2) is 5.97. The maximum absolute atomic E-state index is 10.5. The third kappa shape index (κ3) is 4.32. The van der Waals surface area contributed by atoms with E-state index in [0.717, 1.165) is 0 Å². The molecule has 8 heteroatoms. The molecule has 1 unspecified atom stereocenters. The Morgan fingerprint density at radius 1 is 1.47 bits per heavy atom. The largest absolute Gasteiger partial charge is 1.00 e. The van der Waals surface area contributed by atoms with E-state index < -0.39 is 15.6 Å². The molecule has 1 rings (SSSR count). The molecule has 78 valence electrons. The number of halogens is 2. The van der Waals surface area contributed by atoms with E-state index in [1.165, 1.54) is 18.2 Å². The quantitative estimate of drug-likeness (QED) is 0.539. The predicted octanol–water partition coefficient (Wildman–Crippen LogP) is -1.36. The van der Waals surface area contributed by atoms with E-state index in [9.17, 15) is 13.0 Å². The topological polar surface area (TPSA) is 77.4 Å². The van der Waals surface area contributed by atoms with Crippen LogP contribution in [-0.2, 0) is 10.1 Å². The molecular weight excluding hydrogens is 318 g/mol. The van der Waals surface area contributed by atoms with Gasteiger partial charge in [0.05, 0.1) is 5.02 Å². The normalized spacial score (nSPS) is 13.1. The van der Waals surface area contributed by atoms with Crippen LogP contribution in [0.15, 0.2) is 22.7 Å². The van der Waals surface area contributed by atoms with Crippen LogP contribution in [0.3, 0.4) is 0 Å². The molecule has 4 nitrogen and oxygen atoms in total. The second-order valence-corrected chi connectivity index (χ2v) is 5.21. The van der Waals surface area contributed by atoms with Gasteiger partial charge >= 0.3 is 29.6 Å². The molecule has 1 atom stereocenters. The van der Waals surface area contributed by atoms with Crippen LogP contribution in [0.1, 0.15) is 11.0 Å². The zero-order valence-electron chi connectivity index (χ0n) is 7.65. The molecule has 0 aliphatic heterocycles.